The molecule has 0 aliphatic carbocycles. The Morgan fingerprint density at radius 1 is 1.05 bits per heavy atom. The molecule has 0 atom stereocenters. The molecule has 1 aliphatic rings. The molecular weight excluding hydrogens is 298 g/mol. The summed E-state index contributed by atoms with van der Waals surface area (Å²) >= 11 is 6.11. The lowest BCUT2D eigenvalue weighted by Crippen LogP contribution is -2.38. The van der Waals surface area contributed by atoms with E-state index in [1.54, 1.807) is 24.3 Å². The van der Waals surface area contributed by atoms with Crippen LogP contribution in [0.15, 0.2) is 48.5 Å². The molecule has 1 amide bonds. The number of phenolic OH excluding ortho intramolecular Hbond substituents is 1. The van der Waals surface area contributed by atoms with E-state index in [1.165, 1.54) is 5.56 Å². The molecule has 0 spiro atoms. The molecule has 0 saturated carbocycles. The van der Waals surface area contributed by atoms with E-state index in [-0.39, 0.29) is 11.7 Å². The highest BCUT2D eigenvalue weighted by Crippen LogP contribution is 2.30. The molecule has 1 heterocycles. The van der Waals surface area contributed by atoms with Crippen LogP contribution in [-0.2, 0) is 0 Å². The van der Waals surface area contributed by atoms with Crippen molar-refractivity contribution in [2.75, 3.05) is 13.1 Å². The van der Waals surface area contributed by atoms with E-state index in [4.69, 9.17) is 11.6 Å². The summed E-state index contributed by atoms with van der Waals surface area (Å²) in [5.74, 6) is 0.737. The van der Waals surface area contributed by atoms with Crippen LogP contribution in [0.1, 0.15) is 34.7 Å². The van der Waals surface area contributed by atoms with E-state index in [2.05, 4.69) is 0 Å². The largest absolute Gasteiger partial charge is 0.508 e. The van der Waals surface area contributed by atoms with Gasteiger partial charge in [-0.2, -0.15) is 0 Å². The molecule has 4 heteroatoms. The van der Waals surface area contributed by atoms with Gasteiger partial charge in [0.05, 0.1) is 10.6 Å². The van der Waals surface area contributed by atoms with Gasteiger partial charge in [0.2, 0.25) is 0 Å². The zero-order valence-corrected chi connectivity index (χ0v) is 13.0. The van der Waals surface area contributed by atoms with Crippen molar-refractivity contribution < 1.29 is 9.90 Å². The molecule has 2 aromatic rings. The van der Waals surface area contributed by atoms with Crippen molar-refractivity contribution in [1.82, 2.24) is 4.90 Å². The van der Waals surface area contributed by atoms with Crippen molar-refractivity contribution in [1.29, 1.82) is 0 Å². The second kappa shape index (κ2) is 6.41. The van der Waals surface area contributed by atoms with E-state index in [0.717, 1.165) is 25.9 Å². The molecule has 2 aromatic carbocycles. The number of halogens is 1. The van der Waals surface area contributed by atoms with Crippen LogP contribution in [0, 0.1) is 0 Å². The van der Waals surface area contributed by atoms with E-state index in [0.29, 0.717) is 16.5 Å². The van der Waals surface area contributed by atoms with Crippen LogP contribution in [0.3, 0.4) is 0 Å². The Bertz CT molecular complexity index is 661. The van der Waals surface area contributed by atoms with Gasteiger partial charge in [-0.15, -0.1) is 0 Å². The fourth-order valence-corrected chi connectivity index (χ4v) is 3.18. The molecule has 114 valence electrons. The number of carbonyl (C=O) groups is 1. The first kappa shape index (κ1) is 14.9. The van der Waals surface area contributed by atoms with Gasteiger partial charge in [-0.3, -0.25) is 4.79 Å². The SMILES string of the molecule is O=C(c1ccccc1Cl)N1CCC(c2ccc(O)cc2)CC1. The standard InChI is InChI=1S/C18H18ClNO2/c19-17-4-2-1-3-16(17)18(22)20-11-9-14(10-12-20)13-5-7-15(21)8-6-13/h1-8,14,21H,9-12H2. The summed E-state index contributed by atoms with van der Waals surface area (Å²) < 4.78 is 0. The fraction of sp³-hybridized carbons (Fsp3) is 0.278. The Morgan fingerprint density at radius 3 is 2.32 bits per heavy atom. The summed E-state index contributed by atoms with van der Waals surface area (Å²) in [7, 11) is 0. The molecule has 1 saturated heterocycles. The highest BCUT2D eigenvalue weighted by Gasteiger charge is 2.25. The third-order valence-corrected chi connectivity index (χ3v) is 4.58. The van der Waals surface area contributed by atoms with Gasteiger partial charge in [-0.25, -0.2) is 0 Å². The number of likely N-dealkylation sites (tertiary alicyclic amines) is 1. The summed E-state index contributed by atoms with van der Waals surface area (Å²) in [5.41, 5.74) is 1.80. The molecule has 0 bridgehead atoms. The van der Waals surface area contributed by atoms with Crippen molar-refractivity contribution in [3.63, 3.8) is 0 Å². The number of piperidine rings is 1. The number of nitrogens with zero attached hydrogens (tertiary/aromatic N) is 1. The number of amides is 1. The maximum absolute atomic E-state index is 12.5. The van der Waals surface area contributed by atoms with E-state index in [9.17, 15) is 9.90 Å². The lowest BCUT2D eigenvalue weighted by atomic mass is 9.89. The van der Waals surface area contributed by atoms with E-state index in [1.807, 2.05) is 29.2 Å². The Labute approximate surface area is 135 Å². The van der Waals surface area contributed by atoms with Gasteiger partial charge >= 0.3 is 0 Å². The van der Waals surface area contributed by atoms with Gasteiger partial charge < -0.3 is 10.0 Å². The molecule has 0 aromatic heterocycles. The predicted octanol–water partition coefficient (Wildman–Crippen LogP) is 4.07. The fourth-order valence-electron chi connectivity index (χ4n) is 2.97. The van der Waals surface area contributed by atoms with E-state index < -0.39 is 0 Å². The van der Waals surface area contributed by atoms with Gasteiger partial charge in [0, 0.05) is 13.1 Å². The average Bonchev–Trinajstić information content (AvgIpc) is 2.56. The number of phenols is 1. The third kappa shape index (κ3) is 3.09. The number of rotatable bonds is 2. The quantitative estimate of drug-likeness (QED) is 0.907. The summed E-state index contributed by atoms with van der Waals surface area (Å²) in [5, 5.41) is 9.86. The molecule has 22 heavy (non-hydrogen) atoms. The molecule has 1 fully saturated rings. The summed E-state index contributed by atoms with van der Waals surface area (Å²) in [6.45, 7) is 1.46. The number of aromatic hydroxyl groups is 1. The van der Waals surface area contributed by atoms with Crippen LogP contribution < -0.4 is 0 Å². The van der Waals surface area contributed by atoms with Crippen LogP contribution in [0.25, 0.3) is 0 Å². The van der Waals surface area contributed by atoms with Gasteiger partial charge in [-0.05, 0) is 48.6 Å². The lowest BCUT2D eigenvalue weighted by molar-refractivity contribution is 0.0713. The average molecular weight is 316 g/mol. The smallest absolute Gasteiger partial charge is 0.255 e. The Kier molecular flexibility index (Phi) is 4.34. The number of hydrogen-bond acceptors (Lipinski definition) is 2. The first-order valence-corrected chi connectivity index (χ1v) is 7.85. The van der Waals surface area contributed by atoms with Gasteiger partial charge in [-0.1, -0.05) is 35.9 Å². The Morgan fingerprint density at radius 2 is 1.68 bits per heavy atom. The predicted molar refractivity (Wildman–Crippen MR) is 87.4 cm³/mol. The zero-order chi connectivity index (χ0) is 15.5. The maximum Gasteiger partial charge on any atom is 0.255 e. The van der Waals surface area contributed by atoms with Crippen molar-refractivity contribution >= 4 is 17.5 Å². The van der Waals surface area contributed by atoms with Crippen LogP contribution in [-0.4, -0.2) is 29.0 Å². The molecular formula is C18H18ClNO2. The third-order valence-electron chi connectivity index (χ3n) is 4.25. The van der Waals surface area contributed by atoms with Crippen LogP contribution >= 0.6 is 11.6 Å². The molecule has 1 N–H and O–H groups in total. The minimum atomic E-state index is 0.00903. The van der Waals surface area contributed by atoms with Crippen LogP contribution in [0.2, 0.25) is 5.02 Å². The molecule has 0 radical (unpaired) electrons. The minimum Gasteiger partial charge on any atom is -0.508 e. The summed E-state index contributed by atoms with van der Waals surface area (Å²) in [6, 6.07) is 14.6. The summed E-state index contributed by atoms with van der Waals surface area (Å²) in [4.78, 5) is 14.4. The van der Waals surface area contributed by atoms with Gasteiger partial charge in [0.25, 0.3) is 5.91 Å². The minimum absolute atomic E-state index is 0.00903. The van der Waals surface area contributed by atoms with Gasteiger partial charge in [0.15, 0.2) is 0 Å². The zero-order valence-electron chi connectivity index (χ0n) is 12.2. The van der Waals surface area contributed by atoms with Crippen molar-refractivity contribution in [2.24, 2.45) is 0 Å². The topological polar surface area (TPSA) is 40.5 Å². The lowest BCUT2D eigenvalue weighted by Gasteiger charge is -2.32. The van der Waals surface area contributed by atoms with Crippen LogP contribution in [0.5, 0.6) is 5.75 Å². The molecule has 0 unspecified atom stereocenters. The highest BCUT2D eigenvalue weighted by molar-refractivity contribution is 6.33. The number of carbonyl (C=O) groups excluding carboxylic acids is 1. The van der Waals surface area contributed by atoms with Crippen LogP contribution in [0.4, 0.5) is 0 Å². The normalized spacial score (nSPS) is 15.8. The maximum atomic E-state index is 12.5. The van der Waals surface area contributed by atoms with Crippen molar-refractivity contribution in [2.45, 2.75) is 18.8 Å². The van der Waals surface area contributed by atoms with E-state index >= 15 is 0 Å². The van der Waals surface area contributed by atoms with Gasteiger partial charge in [0.1, 0.15) is 5.75 Å². The summed E-state index contributed by atoms with van der Waals surface area (Å²) in [6.07, 6.45) is 1.86. The van der Waals surface area contributed by atoms with Crippen molar-refractivity contribution in [3.05, 3.63) is 64.7 Å². The number of benzene rings is 2. The number of hydrogen-bond donors (Lipinski definition) is 1. The Balaban J connectivity index is 1.65. The molecule has 3 rings (SSSR count). The second-order valence-electron chi connectivity index (χ2n) is 5.64. The highest BCUT2D eigenvalue weighted by atomic mass is 35.5. The second-order valence-corrected chi connectivity index (χ2v) is 6.05. The molecule has 3 nitrogen and oxygen atoms in total. The first-order chi connectivity index (χ1) is 10.6. The monoisotopic (exact) mass is 315 g/mol. The Hall–Kier alpha value is -2.00. The molecule has 1 aliphatic heterocycles. The first-order valence-electron chi connectivity index (χ1n) is 7.48. The van der Waals surface area contributed by atoms with Crippen molar-refractivity contribution in [3.8, 4) is 5.75 Å².